The zero-order chi connectivity index (χ0) is 15.5. The Hall–Kier alpha value is -1.63. The van der Waals surface area contributed by atoms with Crippen molar-refractivity contribution in [1.82, 2.24) is 4.98 Å². The number of amides is 2. The molecule has 0 radical (unpaired) electrons. The number of pyridine rings is 1. The summed E-state index contributed by atoms with van der Waals surface area (Å²) in [6.07, 6.45) is 2.87. The number of carbonyl (C=O) groups excluding carboxylic acids is 1. The van der Waals surface area contributed by atoms with Gasteiger partial charge >= 0.3 is 6.03 Å². The second kappa shape index (κ2) is 6.43. The largest absolute Gasteiger partial charge is 0.353 e. The Kier molecular flexibility index (Phi) is 4.82. The Balaban J connectivity index is 2.25. The molecule has 0 saturated carbocycles. The Morgan fingerprint density at radius 3 is 2.52 bits per heavy atom. The van der Waals surface area contributed by atoms with Crippen LogP contribution in [0.2, 0.25) is 10.2 Å². The van der Waals surface area contributed by atoms with Crippen LogP contribution in [-0.2, 0) is 9.73 Å². The molecule has 2 amide bonds. The Morgan fingerprint density at radius 2 is 1.90 bits per heavy atom. The summed E-state index contributed by atoms with van der Waals surface area (Å²) in [5, 5.41) is 3.09. The van der Waals surface area contributed by atoms with Crippen LogP contribution in [0, 0.1) is 0 Å². The van der Waals surface area contributed by atoms with Crippen molar-refractivity contribution in [3.63, 3.8) is 0 Å². The quantitative estimate of drug-likeness (QED) is 0.835. The van der Waals surface area contributed by atoms with Crippen molar-refractivity contribution in [3.05, 3.63) is 52.8 Å². The van der Waals surface area contributed by atoms with Crippen LogP contribution in [0.3, 0.4) is 0 Å². The van der Waals surface area contributed by atoms with E-state index in [1.54, 1.807) is 36.4 Å². The van der Waals surface area contributed by atoms with Gasteiger partial charge in [0.25, 0.3) is 0 Å². The van der Waals surface area contributed by atoms with Crippen molar-refractivity contribution in [2.45, 2.75) is 4.90 Å². The number of halogens is 2. The van der Waals surface area contributed by atoms with Crippen molar-refractivity contribution in [1.29, 1.82) is 0 Å². The lowest BCUT2D eigenvalue weighted by atomic mass is 10.4. The van der Waals surface area contributed by atoms with Gasteiger partial charge in [-0.05, 0) is 36.4 Å². The van der Waals surface area contributed by atoms with Crippen molar-refractivity contribution in [3.8, 4) is 0 Å². The highest BCUT2D eigenvalue weighted by Crippen LogP contribution is 2.19. The highest BCUT2D eigenvalue weighted by Gasteiger charge is 2.11. The molecule has 1 aromatic carbocycles. The van der Waals surface area contributed by atoms with Crippen LogP contribution in [-0.4, -0.2) is 21.5 Å². The van der Waals surface area contributed by atoms with Crippen molar-refractivity contribution in [2.24, 2.45) is 4.36 Å². The summed E-state index contributed by atoms with van der Waals surface area (Å²) in [5.74, 6) is 0. The molecule has 2 rings (SSSR count). The van der Waals surface area contributed by atoms with E-state index in [1.807, 2.05) is 0 Å². The predicted octanol–water partition coefficient (Wildman–Crippen LogP) is 4.08. The first kappa shape index (κ1) is 15.8. The standard InChI is InChI=1S/C13H11Cl2N3O2S/c1-21(20,10-6-4-9(14)5-7-10)18-13(19)17-11-3-2-8-16-12(11)15/h2-8H,1H3,(H,17,19)/t21-/m0/s1. The Bertz CT molecular complexity index is 784. The van der Waals surface area contributed by atoms with Crippen molar-refractivity contribution in [2.75, 3.05) is 11.6 Å². The molecule has 0 fully saturated rings. The van der Waals surface area contributed by atoms with E-state index in [0.717, 1.165) is 0 Å². The summed E-state index contributed by atoms with van der Waals surface area (Å²) in [6, 6.07) is 8.74. The average Bonchev–Trinajstić information content (AvgIpc) is 2.41. The normalized spacial score (nSPS) is 13.3. The number of nitrogens with one attached hydrogen (secondary N) is 1. The summed E-state index contributed by atoms with van der Waals surface area (Å²) >= 11 is 11.6. The topological polar surface area (TPSA) is 71.4 Å². The van der Waals surface area contributed by atoms with Crippen LogP contribution < -0.4 is 5.32 Å². The van der Waals surface area contributed by atoms with Crippen LogP contribution in [0.4, 0.5) is 10.5 Å². The first-order chi connectivity index (χ1) is 9.88. The van der Waals surface area contributed by atoms with Crippen LogP contribution in [0.25, 0.3) is 0 Å². The molecule has 0 aliphatic heterocycles. The van der Waals surface area contributed by atoms with Crippen LogP contribution >= 0.6 is 23.2 Å². The van der Waals surface area contributed by atoms with Gasteiger partial charge in [-0.1, -0.05) is 23.2 Å². The highest BCUT2D eigenvalue weighted by atomic mass is 35.5. The summed E-state index contributed by atoms with van der Waals surface area (Å²) in [7, 11) is -2.87. The van der Waals surface area contributed by atoms with Gasteiger partial charge in [0.15, 0.2) is 5.15 Å². The van der Waals surface area contributed by atoms with Gasteiger partial charge in [-0.15, -0.1) is 4.36 Å². The molecule has 5 nitrogen and oxygen atoms in total. The van der Waals surface area contributed by atoms with E-state index in [0.29, 0.717) is 15.6 Å². The minimum Gasteiger partial charge on any atom is -0.303 e. The van der Waals surface area contributed by atoms with Gasteiger partial charge in [-0.25, -0.2) is 14.0 Å². The molecule has 110 valence electrons. The third-order valence-corrected chi connectivity index (χ3v) is 4.72. The molecule has 1 N–H and O–H groups in total. The fourth-order valence-corrected chi connectivity index (χ4v) is 2.92. The summed E-state index contributed by atoms with van der Waals surface area (Å²) in [4.78, 5) is 16.1. The smallest absolute Gasteiger partial charge is 0.303 e. The third kappa shape index (κ3) is 4.17. The number of urea groups is 1. The lowest BCUT2D eigenvalue weighted by Gasteiger charge is -2.06. The van der Waals surface area contributed by atoms with E-state index >= 15 is 0 Å². The van der Waals surface area contributed by atoms with E-state index in [4.69, 9.17) is 23.2 Å². The monoisotopic (exact) mass is 343 g/mol. The summed E-state index contributed by atoms with van der Waals surface area (Å²) in [6.45, 7) is 0. The Morgan fingerprint density at radius 1 is 1.24 bits per heavy atom. The molecule has 1 atom stereocenters. The van der Waals surface area contributed by atoms with Gasteiger partial charge in [-0.3, -0.25) is 0 Å². The lowest BCUT2D eigenvalue weighted by Crippen LogP contribution is -2.11. The van der Waals surface area contributed by atoms with Gasteiger partial charge in [0.2, 0.25) is 0 Å². The minimum atomic E-state index is -2.87. The molecular formula is C13H11Cl2N3O2S. The molecular weight excluding hydrogens is 333 g/mol. The number of carbonyl (C=O) groups is 1. The van der Waals surface area contributed by atoms with Gasteiger partial charge in [0.05, 0.1) is 15.4 Å². The van der Waals surface area contributed by atoms with E-state index < -0.39 is 15.8 Å². The molecule has 0 bridgehead atoms. The number of benzene rings is 1. The maximum absolute atomic E-state index is 12.5. The average molecular weight is 344 g/mol. The van der Waals surface area contributed by atoms with Crippen molar-refractivity contribution >= 4 is 44.6 Å². The maximum atomic E-state index is 12.5. The SMILES string of the molecule is C[S@@](=O)(=NC(=O)Nc1cccnc1Cl)c1ccc(Cl)cc1. The zero-order valence-corrected chi connectivity index (χ0v) is 13.2. The zero-order valence-electron chi connectivity index (χ0n) is 10.9. The second-order valence-corrected chi connectivity index (χ2v) is 7.17. The van der Waals surface area contributed by atoms with Crippen LogP contribution in [0.15, 0.2) is 51.9 Å². The summed E-state index contributed by atoms with van der Waals surface area (Å²) in [5.41, 5.74) is 0.305. The molecule has 8 heteroatoms. The number of rotatable bonds is 2. The van der Waals surface area contributed by atoms with Gasteiger partial charge in [0, 0.05) is 22.4 Å². The second-order valence-electron chi connectivity index (χ2n) is 4.12. The predicted molar refractivity (Wildman–Crippen MR) is 84.5 cm³/mol. The van der Waals surface area contributed by atoms with E-state index in [-0.39, 0.29) is 5.15 Å². The van der Waals surface area contributed by atoms with Crippen molar-refractivity contribution < 1.29 is 9.00 Å². The van der Waals surface area contributed by atoms with Crippen LogP contribution in [0.5, 0.6) is 0 Å². The van der Waals surface area contributed by atoms with E-state index in [1.165, 1.54) is 12.5 Å². The molecule has 2 aromatic rings. The molecule has 0 unspecified atom stereocenters. The highest BCUT2D eigenvalue weighted by molar-refractivity contribution is 7.93. The van der Waals surface area contributed by atoms with E-state index in [2.05, 4.69) is 14.7 Å². The molecule has 0 aliphatic carbocycles. The molecule has 0 saturated heterocycles. The van der Waals surface area contributed by atoms with E-state index in [9.17, 15) is 9.00 Å². The number of nitrogens with zero attached hydrogens (tertiary/aromatic N) is 2. The lowest BCUT2D eigenvalue weighted by molar-refractivity contribution is 0.260. The fourth-order valence-electron chi connectivity index (χ4n) is 1.52. The summed E-state index contributed by atoms with van der Waals surface area (Å²) < 4.78 is 16.2. The van der Waals surface area contributed by atoms with Gasteiger partial charge in [0.1, 0.15) is 0 Å². The molecule has 1 aromatic heterocycles. The number of hydrogen-bond donors (Lipinski definition) is 1. The van der Waals surface area contributed by atoms with Gasteiger partial charge < -0.3 is 5.32 Å². The molecule has 0 aliphatic rings. The third-order valence-electron chi connectivity index (χ3n) is 2.51. The maximum Gasteiger partial charge on any atom is 0.353 e. The Labute approximate surface area is 132 Å². The minimum absolute atomic E-state index is 0.134. The van der Waals surface area contributed by atoms with Crippen LogP contribution in [0.1, 0.15) is 0 Å². The number of aromatic nitrogens is 1. The number of hydrogen-bond acceptors (Lipinski definition) is 3. The number of anilines is 1. The molecule has 0 spiro atoms. The first-order valence-corrected chi connectivity index (χ1v) is 8.45. The molecule has 21 heavy (non-hydrogen) atoms. The van der Waals surface area contributed by atoms with Gasteiger partial charge in [-0.2, -0.15) is 0 Å². The fraction of sp³-hybridized carbons (Fsp3) is 0.0769. The molecule has 1 heterocycles. The first-order valence-electron chi connectivity index (χ1n) is 5.78.